The van der Waals surface area contributed by atoms with Crippen molar-refractivity contribution in [2.75, 3.05) is 20.7 Å². The van der Waals surface area contributed by atoms with Gasteiger partial charge in [0.2, 0.25) is 6.41 Å². The summed E-state index contributed by atoms with van der Waals surface area (Å²) < 4.78 is 0. The molecule has 16 heavy (non-hydrogen) atoms. The average Bonchev–Trinajstić information content (AvgIpc) is 2.21. The topological polar surface area (TPSA) is 72.0 Å². The van der Waals surface area contributed by atoms with E-state index in [4.69, 9.17) is 5.11 Å². The maximum absolute atomic E-state index is 9.43. The number of aliphatic hydroxyl groups excluding tert-OH is 1. The van der Waals surface area contributed by atoms with E-state index >= 15 is 0 Å². The molecule has 0 unspecified atom stereocenters. The zero-order valence-corrected chi connectivity index (χ0v) is 10.5. The summed E-state index contributed by atoms with van der Waals surface area (Å²) in [6, 6.07) is 10.3. The Hall–Kier alpha value is -1.39. The summed E-state index contributed by atoms with van der Waals surface area (Å²) >= 11 is 0. The first-order chi connectivity index (χ1) is 7.08. The number of hydrogen-bond donors (Lipinski definition) is 1. The van der Waals surface area contributed by atoms with Gasteiger partial charge < -0.3 is 15.5 Å². The van der Waals surface area contributed by atoms with Gasteiger partial charge in [0, 0.05) is 20.7 Å². The Kier molecular flexibility index (Phi) is 20.1. The van der Waals surface area contributed by atoms with E-state index in [2.05, 4.69) is 19.1 Å². The van der Waals surface area contributed by atoms with Crippen molar-refractivity contribution in [2.24, 2.45) is 0 Å². The first-order valence-corrected chi connectivity index (χ1v) is 4.82. The van der Waals surface area contributed by atoms with E-state index in [1.807, 2.05) is 18.2 Å². The maximum Gasteiger partial charge on any atom is 0.209 e. The molecule has 1 amide bonds. The second kappa shape index (κ2) is 16.1. The summed E-state index contributed by atoms with van der Waals surface area (Å²) in [5, 5.41) is 7.57. The number of carbonyl (C=O) groups excluding carboxylic acids is 1. The molecule has 0 atom stereocenters. The molecule has 0 radical (unpaired) electrons. The number of nitrogens with zero attached hydrogens (tertiary/aromatic N) is 1. The van der Waals surface area contributed by atoms with Gasteiger partial charge in [0.15, 0.2) is 0 Å². The molecule has 0 aliphatic rings. The fourth-order valence-corrected chi connectivity index (χ4v) is 0.534. The largest absolute Gasteiger partial charge is 0.412 e. The number of amides is 1. The van der Waals surface area contributed by atoms with Gasteiger partial charge in [0.25, 0.3) is 0 Å². The minimum Gasteiger partial charge on any atom is -0.412 e. The van der Waals surface area contributed by atoms with Gasteiger partial charge in [-0.15, -0.1) is 0 Å². The predicted molar refractivity (Wildman–Crippen MR) is 67.3 cm³/mol. The molecule has 0 spiro atoms. The summed E-state index contributed by atoms with van der Waals surface area (Å²) in [7, 11) is 3.38. The zero-order valence-electron chi connectivity index (χ0n) is 10.5. The first-order valence-electron chi connectivity index (χ1n) is 4.82. The molecule has 1 rings (SSSR count). The van der Waals surface area contributed by atoms with Crippen LogP contribution in [-0.4, -0.2) is 42.6 Å². The highest BCUT2D eigenvalue weighted by Gasteiger charge is 1.72. The van der Waals surface area contributed by atoms with Gasteiger partial charge in [-0.1, -0.05) is 35.9 Å². The number of aryl methyl sites for hydroxylation is 1. The smallest absolute Gasteiger partial charge is 0.209 e. The van der Waals surface area contributed by atoms with E-state index in [-0.39, 0.29) is 12.1 Å². The van der Waals surface area contributed by atoms with Crippen LogP contribution >= 0.6 is 0 Å². The van der Waals surface area contributed by atoms with Crippen LogP contribution in [0.3, 0.4) is 0 Å². The van der Waals surface area contributed by atoms with Crippen molar-refractivity contribution in [3.63, 3.8) is 0 Å². The van der Waals surface area contributed by atoms with Crippen molar-refractivity contribution < 1.29 is 15.4 Å². The van der Waals surface area contributed by atoms with Crippen molar-refractivity contribution >= 4 is 6.41 Å². The van der Waals surface area contributed by atoms with E-state index in [9.17, 15) is 4.79 Å². The fraction of sp³-hybridized carbons (Fsp3) is 0.417. The third kappa shape index (κ3) is 22.9. The Morgan fingerprint density at radius 2 is 1.56 bits per heavy atom. The van der Waals surface area contributed by atoms with E-state index in [1.165, 1.54) is 10.5 Å². The maximum atomic E-state index is 9.43. The van der Waals surface area contributed by atoms with E-state index in [0.717, 1.165) is 6.41 Å². The molecule has 3 N–H and O–H groups in total. The second-order valence-corrected chi connectivity index (χ2v) is 3.04. The van der Waals surface area contributed by atoms with E-state index < -0.39 is 0 Å². The summed E-state index contributed by atoms with van der Waals surface area (Å²) in [5.74, 6) is 0. The molecule has 0 saturated carbocycles. The summed E-state index contributed by atoms with van der Waals surface area (Å²) in [6.45, 7) is 4.01. The molecular formula is C12H23NO3. The highest BCUT2D eigenvalue weighted by molar-refractivity contribution is 5.45. The van der Waals surface area contributed by atoms with Crippen LogP contribution in [0.2, 0.25) is 0 Å². The Morgan fingerprint density at radius 1 is 1.25 bits per heavy atom. The van der Waals surface area contributed by atoms with Gasteiger partial charge in [0.1, 0.15) is 0 Å². The highest BCUT2D eigenvalue weighted by atomic mass is 16.2. The third-order valence-corrected chi connectivity index (χ3v) is 1.15. The molecule has 0 heterocycles. The fourth-order valence-electron chi connectivity index (χ4n) is 0.534. The molecule has 0 saturated heterocycles. The zero-order chi connectivity index (χ0) is 12.1. The van der Waals surface area contributed by atoms with Crippen molar-refractivity contribution in [2.45, 2.75) is 13.8 Å². The van der Waals surface area contributed by atoms with Crippen molar-refractivity contribution in [1.29, 1.82) is 0 Å². The van der Waals surface area contributed by atoms with Crippen LogP contribution in [0.1, 0.15) is 12.5 Å². The molecule has 0 aliphatic heterocycles. The average molecular weight is 229 g/mol. The van der Waals surface area contributed by atoms with Gasteiger partial charge >= 0.3 is 0 Å². The number of rotatable bonds is 1. The lowest BCUT2D eigenvalue weighted by atomic mass is 10.2. The number of carbonyl (C=O) groups is 1. The molecule has 0 aromatic heterocycles. The SMILES string of the molecule is CCO.CN(C)C=O.Cc1ccccc1.O. The van der Waals surface area contributed by atoms with Gasteiger partial charge in [-0.3, -0.25) is 4.79 Å². The summed E-state index contributed by atoms with van der Waals surface area (Å²) in [6.07, 6.45) is 0.750. The number of aliphatic hydroxyl groups is 1. The summed E-state index contributed by atoms with van der Waals surface area (Å²) in [5.41, 5.74) is 1.32. The van der Waals surface area contributed by atoms with Crippen LogP contribution in [0.25, 0.3) is 0 Å². The van der Waals surface area contributed by atoms with Crippen LogP contribution < -0.4 is 0 Å². The van der Waals surface area contributed by atoms with Crippen molar-refractivity contribution in [3.05, 3.63) is 35.9 Å². The first kappa shape index (κ1) is 20.1. The van der Waals surface area contributed by atoms with Gasteiger partial charge in [-0.2, -0.15) is 0 Å². The Morgan fingerprint density at radius 3 is 1.69 bits per heavy atom. The lowest BCUT2D eigenvalue weighted by molar-refractivity contribution is -0.115. The second-order valence-electron chi connectivity index (χ2n) is 3.04. The minimum atomic E-state index is 0. The summed E-state index contributed by atoms with van der Waals surface area (Å²) in [4.78, 5) is 10.9. The van der Waals surface area contributed by atoms with Gasteiger partial charge in [0.05, 0.1) is 0 Å². The Balaban J connectivity index is -0.000000168. The molecule has 94 valence electrons. The monoisotopic (exact) mass is 229 g/mol. The van der Waals surface area contributed by atoms with Crippen molar-refractivity contribution in [1.82, 2.24) is 4.90 Å². The number of benzene rings is 1. The molecule has 0 fully saturated rings. The number of hydrogen-bond acceptors (Lipinski definition) is 2. The molecule has 1 aromatic rings. The quantitative estimate of drug-likeness (QED) is 0.726. The lowest BCUT2D eigenvalue weighted by Gasteiger charge is -1.93. The highest BCUT2D eigenvalue weighted by Crippen LogP contribution is 1.92. The third-order valence-electron chi connectivity index (χ3n) is 1.15. The van der Waals surface area contributed by atoms with Crippen LogP contribution in [-0.2, 0) is 4.79 Å². The molecule has 0 bridgehead atoms. The Bertz CT molecular complexity index is 225. The predicted octanol–water partition coefficient (Wildman–Crippen LogP) is 0.873. The van der Waals surface area contributed by atoms with Crippen LogP contribution in [0.15, 0.2) is 30.3 Å². The standard InChI is InChI=1S/C7H8.C3H7NO.C2H6O.H2O/c1-7-5-3-2-4-6-7;1-4(2)3-5;1-2-3;/h2-6H,1H3;3H,1-2H3;3H,2H2,1H3;1H2. The molecular weight excluding hydrogens is 206 g/mol. The van der Waals surface area contributed by atoms with Crippen molar-refractivity contribution in [3.8, 4) is 0 Å². The Labute approximate surface area is 97.8 Å². The molecule has 4 heteroatoms. The van der Waals surface area contributed by atoms with E-state index in [0.29, 0.717) is 0 Å². The van der Waals surface area contributed by atoms with Gasteiger partial charge in [-0.25, -0.2) is 0 Å². The normalized spacial score (nSPS) is 7.06. The van der Waals surface area contributed by atoms with Crippen LogP contribution in [0.5, 0.6) is 0 Å². The molecule has 1 aromatic carbocycles. The van der Waals surface area contributed by atoms with E-state index in [1.54, 1.807) is 21.0 Å². The van der Waals surface area contributed by atoms with Gasteiger partial charge in [-0.05, 0) is 13.8 Å². The molecule has 0 aliphatic carbocycles. The van der Waals surface area contributed by atoms with Crippen LogP contribution in [0, 0.1) is 6.92 Å². The minimum absolute atomic E-state index is 0. The molecule has 4 nitrogen and oxygen atoms in total. The van der Waals surface area contributed by atoms with Crippen LogP contribution in [0.4, 0.5) is 0 Å². The lowest BCUT2D eigenvalue weighted by Crippen LogP contribution is -2.06.